The van der Waals surface area contributed by atoms with E-state index in [1.54, 1.807) is 18.2 Å². The highest BCUT2D eigenvalue weighted by Gasteiger charge is 2.34. The number of allylic oxidation sites excluding steroid dienone is 1. The number of hydrogen-bond donors (Lipinski definition) is 0. The van der Waals surface area contributed by atoms with Crippen LogP contribution in [0.2, 0.25) is 0 Å². The van der Waals surface area contributed by atoms with Crippen LogP contribution in [-0.2, 0) is 6.42 Å². The Kier molecular flexibility index (Phi) is 5.49. The number of fused-ring (bicyclic) bond motifs is 1. The molecule has 4 rings (SSSR count). The second-order valence-electron chi connectivity index (χ2n) is 7.68. The molecule has 2 nitrogen and oxygen atoms in total. The molecule has 1 aliphatic carbocycles. The van der Waals surface area contributed by atoms with Crippen LogP contribution in [0.15, 0.2) is 60.7 Å². The Balaban J connectivity index is 1.58. The van der Waals surface area contributed by atoms with Gasteiger partial charge < -0.3 is 0 Å². The van der Waals surface area contributed by atoms with E-state index in [1.165, 1.54) is 48.9 Å². The molecule has 2 aromatic carbocycles. The van der Waals surface area contributed by atoms with Crippen molar-refractivity contribution in [2.24, 2.45) is 0 Å². The van der Waals surface area contributed by atoms with E-state index in [9.17, 15) is 9.18 Å². The second-order valence-corrected chi connectivity index (χ2v) is 7.68. The fourth-order valence-electron chi connectivity index (χ4n) is 4.52. The molecule has 140 valence electrons. The Morgan fingerprint density at radius 3 is 2.41 bits per heavy atom. The van der Waals surface area contributed by atoms with Crippen molar-refractivity contribution in [1.82, 2.24) is 4.90 Å². The molecule has 0 saturated carbocycles. The molecule has 0 spiro atoms. The molecule has 0 bridgehead atoms. The molecule has 1 fully saturated rings. The number of carbonyl (C=O) groups is 1. The van der Waals surface area contributed by atoms with Crippen molar-refractivity contribution in [1.29, 1.82) is 0 Å². The van der Waals surface area contributed by atoms with Gasteiger partial charge in [0, 0.05) is 17.5 Å². The fourth-order valence-corrected chi connectivity index (χ4v) is 4.52. The summed E-state index contributed by atoms with van der Waals surface area (Å²) in [6.45, 7) is 2.30. The Morgan fingerprint density at radius 1 is 0.963 bits per heavy atom. The van der Waals surface area contributed by atoms with Gasteiger partial charge in [0.15, 0.2) is 5.78 Å². The van der Waals surface area contributed by atoms with Gasteiger partial charge in [-0.15, -0.1) is 0 Å². The number of rotatable bonds is 4. The summed E-state index contributed by atoms with van der Waals surface area (Å²) >= 11 is 0. The largest absolute Gasteiger partial charge is 0.299 e. The zero-order valence-corrected chi connectivity index (χ0v) is 15.6. The minimum Gasteiger partial charge on any atom is -0.299 e. The lowest BCUT2D eigenvalue weighted by Gasteiger charge is -2.31. The molecule has 0 unspecified atom stereocenters. The van der Waals surface area contributed by atoms with Crippen LogP contribution in [0.25, 0.3) is 0 Å². The van der Waals surface area contributed by atoms with Crippen molar-refractivity contribution in [2.75, 3.05) is 13.1 Å². The molecule has 1 saturated heterocycles. The van der Waals surface area contributed by atoms with Gasteiger partial charge in [0.25, 0.3) is 0 Å². The average Bonchev–Trinajstić information content (AvgIpc) is 2.86. The number of carbonyl (C=O) groups excluding carboxylic acids is 1. The van der Waals surface area contributed by atoms with Crippen LogP contribution in [0.5, 0.6) is 0 Å². The van der Waals surface area contributed by atoms with Crippen LogP contribution in [0.1, 0.15) is 53.1 Å². The van der Waals surface area contributed by atoms with Crippen LogP contribution in [-0.4, -0.2) is 29.8 Å². The molecule has 0 aromatic heterocycles. The van der Waals surface area contributed by atoms with Gasteiger partial charge in [-0.1, -0.05) is 43.2 Å². The number of nitrogens with zero attached hydrogens (tertiary/aromatic N) is 1. The minimum absolute atomic E-state index is 0.0611. The van der Waals surface area contributed by atoms with Gasteiger partial charge in [0.1, 0.15) is 5.82 Å². The maximum absolute atomic E-state index is 13.1. The minimum atomic E-state index is -0.318. The van der Waals surface area contributed by atoms with E-state index in [4.69, 9.17) is 0 Å². The number of benzene rings is 2. The van der Waals surface area contributed by atoms with Gasteiger partial charge in [-0.3, -0.25) is 9.69 Å². The van der Waals surface area contributed by atoms with Gasteiger partial charge in [-0.2, -0.15) is 0 Å². The maximum atomic E-state index is 13.1. The smallest absolute Gasteiger partial charge is 0.185 e. The summed E-state index contributed by atoms with van der Waals surface area (Å²) in [7, 11) is 0. The summed E-state index contributed by atoms with van der Waals surface area (Å²) < 4.78 is 13.1. The summed E-state index contributed by atoms with van der Waals surface area (Å²) in [4.78, 5) is 15.2. The molecule has 1 aliphatic heterocycles. The molecule has 27 heavy (non-hydrogen) atoms. The van der Waals surface area contributed by atoms with Crippen LogP contribution >= 0.6 is 0 Å². The Bertz CT molecular complexity index is 819. The van der Waals surface area contributed by atoms with E-state index >= 15 is 0 Å². The van der Waals surface area contributed by atoms with Crippen molar-refractivity contribution < 1.29 is 9.18 Å². The first-order chi connectivity index (χ1) is 13.2. The predicted octanol–water partition coefficient (Wildman–Crippen LogP) is 5.15. The Morgan fingerprint density at radius 2 is 1.67 bits per heavy atom. The van der Waals surface area contributed by atoms with Crippen LogP contribution in [0.4, 0.5) is 4.39 Å². The summed E-state index contributed by atoms with van der Waals surface area (Å²) in [6, 6.07) is 14.8. The Labute approximate surface area is 160 Å². The predicted molar refractivity (Wildman–Crippen MR) is 107 cm³/mol. The molecule has 3 heteroatoms. The lowest BCUT2D eigenvalue weighted by Crippen LogP contribution is -2.38. The van der Waals surface area contributed by atoms with E-state index in [2.05, 4.69) is 35.2 Å². The Hall–Kier alpha value is -2.26. The average molecular weight is 363 g/mol. The van der Waals surface area contributed by atoms with Crippen molar-refractivity contribution in [3.63, 3.8) is 0 Å². The summed E-state index contributed by atoms with van der Waals surface area (Å²) in [5, 5.41) is 0. The zero-order valence-electron chi connectivity index (χ0n) is 15.6. The van der Waals surface area contributed by atoms with E-state index < -0.39 is 0 Å². The summed E-state index contributed by atoms with van der Waals surface area (Å²) in [5.74, 6) is -0.140. The van der Waals surface area contributed by atoms with Crippen LogP contribution in [0.3, 0.4) is 0 Å². The van der Waals surface area contributed by atoms with Crippen molar-refractivity contribution >= 4 is 5.78 Å². The van der Waals surface area contributed by atoms with Crippen LogP contribution < -0.4 is 0 Å². The van der Waals surface area contributed by atoms with Crippen LogP contribution in [0, 0.1) is 5.82 Å². The number of ketones is 1. The normalized spacial score (nSPS) is 23.3. The fraction of sp³-hybridized carbons (Fsp3) is 0.375. The topological polar surface area (TPSA) is 20.3 Å². The van der Waals surface area contributed by atoms with Crippen molar-refractivity contribution in [2.45, 2.75) is 44.1 Å². The zero-order chi connectivity index (χ0) is 18.6. The maximum Gasteiger partial charge on any atom is 0.185 e. The van der Waals surface area contributed by atoms with Gasteiger partial charge in [-0.25, -0.2) is 4.39 Å². The molecular formula is C24H26FNO. The number of hydrogen-bond acceptors (Lipinski definition) is 2. The summed E-state index contributed by atoms with van der Waals surface area (Å²) in [6.07, 6.45) is 9.98. The number of halogens is 1. The second kappa shape index (κ2) is 8.18. The van der Waals surface area contributed by atoms with E-state index in [0.717, 1.165) is 19.5 Å². The first-order valence-corrected chi connectivity index (χ1v) is 10.0. The molecular weight excluding hydrogens is 337 g/mol. The van der Waals surface area contributed by atoms with Gasteiger partial charge in [0.2, 0.25) is 0 Å². The van der Waals surface area contributed by atoms with Gasteiger partial charge in [0.05, 0.1) is 0 Å². The third-order valence-electron chi connectivity index (χ3n) is 5.95. The third-order valence-corrected chi connectivity index (χ3v) is 5.95. The first kappa shape index (κ1) is 18.1. The van der Waals surface area contributed by atoms with Gasteiger partial charge in [-0.05, 0) is 73.8 Å². The standard InChI is InChI=1S/C24H26FNO/c25-20-11-9-18(10-12-20)24(27)14-13-22-21-8-4-3-7-19(21)17-23(22)26-15-5-1-2-6-16-26/h3-4,7-14,22-23H,1-2,5-6,15-17H2/b14-13+/t22-,23-/m1/s1. The van der Waals surface area contributed by atoms with E-state index in [0.29, 0.717) is 11.6 Å². The highest BCUT2D eigenvalue weighted by atomic mass is 19.1. The van der Waals surface area contributed by atoms with E-state index in [1.807, 2.05) is 0 Å². The molecule has 0 N–H and O–H groups in total. The monoisotopic (exact) mass is 363 g/mol. The molecule has 2 aromatic rings. The van der Waals surface area contributed by atoms with Gasteiger partial charge >= 0.3 is 0 Å². The molecule has 1 heterocycles. The van der Waals surface area contributed by atoms with Crippen molar-refractivity contribution in [3.8, 4) is 0 Å². The molecule has 0 radical (unpaired) electrons. The summed E-state index contributed by atoms with van der Waals surface area (Å²) in [5.41, 5.74) is 3.27. The van der Waals surface area contributed by atoms with E-state index in [-0.39, 0.29) is 17.5 Å². The molecule has 2 atom stereocenters. The third kappa shape index (κ3) is 4.03. The first-order valence-electron chi connectivity index (χ1n) is 10.0. The lowest BCUT2D eigenvalue weighted by atomic mass is 9.95. The SMILES string of the molecule is O=C(/C=C/[C@@H]1c2ccccc2C[C@H]1N1CCCCCC1)c1ccc(F)cc1. The lowest BCUT2D eigenvalue weighted by molar-refractivity contribution is 0.104. The molecule has 2 aliphatic rings. The van der Waals surface area contributed by atoms with Crippen molar-refractivity contribution in [3.05, 3.63) is 83.2 Å². The molecule has 0 amide bonds. The quantitative estimate of drug-likeness (QED) is 0.553. The highest BCUT2D eigenvalue weighted by Crippen LogP contribution is 2.38. The highest BCUT2D eigenvalue weighted by molar-refractivity contribution is 6.04. The number of likely N-dealkylation sites (tertiary alicyclic amines) is 1.